The largest absolute Gasteiger partial charge is 0.429 e. The van der Waals surface area contributed by atoms with Crippen LogP contribution in [0.3, 0.4) is 0 Å². The quantitative estimate of drug-likeness (QED) is 0.470. The van der Waals surface area contributed by atoms with Crippen LogP contribution >= 0.6 is 0 Å². The van der Waals surface area contributed by atoms with Crippen LogP contribution in [0.15, 0.2) is 0 Å². The van der Waals surface area contributed by atoms with E-state index in [2.05, 4.69) is 0 Å². The molecular formula is C4H5F6NO6S3. The molecule has 0 aromatic heterocycles. The molecule has 0 spiro atoms. The van der Waals surface area contributed by atoms with Crippen LogP contribution in [0, 0.1) is 0 Å². The molecule has 0 unspecified atom stereocenters. The first-order valence-corrected chi connectivity index (χ1v) is 8.46. The van der Waals surface area contributed by atoms with Crippen molar-refractivity contribution < 1.29 is 51.6 Å². The lowest BCUT2D eigenvalue weighted by Gasteiger charge is -2.28. The molecule has 16 heteroatoms. The summed E-state index contributed by atoms with van der Waals surface area (Å²) in [5.41, 5.74) is 0. The van der Waals surface area contributed by atoms with Crippen LogP contribution in [-0.4, -0.2) is 47.9 Å². The second-order valence-corrected chi connectivity index (χ2v) is 8.05. The normalized spacial score (nSPS) is 15.6. The number of nitrogens with one attached hydrogen (secondary N) is 1. The third-order valence-electron chi connectivity index (χ3n) is 1.57. The molecule has 0 rings (SSSR count). The van der Waals surface area contributed by atoms with Gasteiger partial charge < -0.3 is 0 Å². The minimum Gasteiger partial charge on any atom is -0.225 e. The monoisotopic (exact) mass is 373 g/mol. The predicted molar refractivity (Wildman–Crippen MR) is 52.1 cm³/mol. The van der Waals surface area contributed by atoms with Gasteiger partial charge in [-0.2, -0.15) is 26.3 Å². The number of rotatable bonds is 6. The fraction of sp³-hybridized carbons (Fsp3) is 1.00. The molecule has 0 aromatic carbocycles. The van der Waals surface area contributed by atoms with Gasteiger partial charge in [-0.15, -0.1) is 4.13 Å². The molecule has 0 aliphatic carbocycles. The molecule has 20 heavy (non-hydrogen) atoms. The van der Waals surface area contributed by atoms with Crippen molar-refractivity contribution in [2.75, 3.05) is 6.26 Å². The van der Waals surface area contributed by atoms with E-state index in [9.17, 15) is 51.6 Å². The average molecular weight is 373 g/mol. The molecule has 0 aliphatic heterocycles. The Labute approximate surface area is 110 Å². The Kier molecular flexibility index (Phi) is 4.84. The molecule has 0 atom stereocenters. The molecule has 0 saturated carbocycles. The van der Waals surface area contributed by atoms with Crippen molar-refractivity contribution >= 4 is 30.8 Å². The predicted octanol–water partition coefficient (Wildman–Crippen LogP) is -0.702. The molecular weight excluding hydrogens is 368 g/mol. The number of hydrogen-bond acceptors (Lipinski definition) is 6. The van der Waals surface area contributed by atoms with E-state index >= 15 is 0 Å². The van der Waals surface area contributed by atoms with E-state index in [0.717, 1.165) is 0 Å². The SMILES string of the molecule is CS(=O)(=O)NS(=O)(=O)C(F)(F)C(F)(F)C(F)(F)[SH](=O)=O. The van der Waals surface area contributed by atoms with Gasteiger partial charge in [0.15, 0.2) is 0 Å². The second-order valence-electron chi connectivity index (χ2n) is 3.25. The summed E-state index contributed by atoms with van der Waals surface area (Å²) in [6.07, 6.45) is -0.0367. The summed E-state index contributed by atoms with van der Waals surface area (Å²) in [4.78, 5) is 0. The van der Waals surface area contributed by atoms with E-state index in [-0.39, 0.29) is 10.4 Å². The number of thiol groups is 1. The fourth-order valence-electron chi connectivity index (χ4n) is 0.710. The van der Waals surface area contributed by atoms with Crippen molar-refractivity contribution in [3.05, 3.63) is 0 Å². The maximum absolute atomic E-state index is 13.0. The van der Waals surface area contributed by atoms with Crippen LogP contribution in [0.1, 0.15) is 0 Å². The summed E-state index contributed by atoms with van der Waals surface area (Å²) in [6, 6.07) is 0. The Morgan fingerprint density at radius 1 is 0.900 bits per heavy atom. The second kappa shape index (κ2) is 4.99. The van der Waals surface area contributed by atoms with Crippen LogP contribution in [-0.2, 0) is 30.8 Å². The minimum absolute atomic E-state index is 0.0367. The van der Waals surface area contributed by atoms with E-state index in [0.29, 0.717) is 0 Å². The first-order valence-electron chi connectivity index (χ1n) is 3.91. The molecule has 0 aliphatic rings. The fourth-order valence-corrected chi connectivity index (χ4v) is 3.63. The molecule has 0 fully saturated rings. The van der Waals surface area contributed by atoms with E-state index in [4.69, 9.17) is 0 Å². The Morgan fingerprint density at radius 3 is 1.50 bits per heavy atom. The van der Waals surface area contributed by atoms with Crippen molar-refractivity contribution in [3.8, 4) is 0 Å². The first kappa shape index (κ1) is 19.4. The van der Waals surface area contributed by atoms with Gasteiger partial charge in [-0.3, -0.25) is 0 Å². The van der Waals surface area contributed by atoms with E-state index < -0.39 is 47.2 Å². The Morgan fingerprint density at radius 2 is 1.25 bits per heavy atom. The number of hydrogen-bond donors (Lipinski definition) is 2. The van der Waals surface area contributed by atoms with E-state index in [1.807, 2.05) is 0 Å². The van der Waals surface area contributed by atoms with Gasteiger partial charge in [0.05, 0.1) is 6.26 Å². The molecule has 0 amide bonds. The number of halogens is 6. The van der Waals surface area contributed by atoms with Crippen molar-refractivity contribution in [1.29, 1.82) is 0 Å². The van der Waals surface area contributed by atoms with Crippen molar-refractivity contribution in [3.63, 3.8) is 0 Å². The lowest BCUT2D eigenvalue weighted by Crippen LogP contribution is -2.61. The van der Waals surface area contributed by atoms with Gasteiger partial charge in [-0.25, -0.2) is 25.3 Å². The topological polar surface area (TPSA) is 114 Å². The number of alkyl halides is 6. The molecule has 0 aromatic rings. The molecule has 0 bridgehead atoms. The zero-order valence-corrected chi connectivity index (χ0v) is 11.5. The van der Waals surface area contributed by atoms with Crippen molar-refractivity contribution in [1.82, 2.24) is 4.13 Å². The third kappa shape index (κ3) is 3.17. The zero-order valence-electron chi connectivity index (χ0n) is 8.98. The molecule has 0 heterocycles. The van der Waals surface area contributed by atoms with E-state index in [1.165, 1.54) is 0 Å². The van der Waals surface area contributed by atoms with Crippen LogP contribution in [0.4, 0.5) is 26.3 Å². The summed E-state index contributed by atoms with van der Waals surface area (Å²) in [6.45, 7) is 0. The van der Waals surface area contributed by atoms with Gasteiger partial charge >= 0.3 is 16.4 Å². The van der Waals surface area contributed by atoms with Gasteiger partial charge in [-0.1, -0.05) is 0 Å². The maximum atomic E-state index is 13.0. The van der Waals surface area contributed by atoms with Crippen molar-refractivity contribution in [2.24, 2.45) is 0 Å². The minimum atomic E-state index is -6.91. The van der Waals surface area contributed by atoms with Gasteiger partial charge in [0.25, 0.3) is 10.0 Å². The van der Waals surface area contributed by atoms with Crippen molar-refractivity contribution in [2.45, 2.75) is 16.4 Å². The Bertz CT molecular complexity index is 655. The average Bonchev–Trinajstić information content (AvgIpc) is 2.12. The molecule has 7 nitrogen and oxygen atoms in total. The molecule has 122 valence electrons. The van der Waals surface area contributed by atoms with Gasteiger partial charge in [0, 0.05) is 0 Å². The highest BCUT2D eigenvalue weighted by molar-refractivity contribution is 8.04. The lowest BCUT2D eigenvalue weighted by atomic mass is 10.3. The van der Waals surface area contributed by atoms with Crippen LogP contribution in [0.2, 0.25) is 0 Å². The van der Waals surface area contributed by atoms with Gasteiger partial charge in [0.1, 0.15) is 0 Å². The van der Waals surface area contributed by atoms with Crippen LogP contribution in [0.5, 0.6) is 0 Å². The summed E-state index contributed by atoms with van der Waals surface area (Å²) in [5.74, 6) is -6.91. The van der Waals surface area contributed by atoms with E-state index in [1.54, 1.807) is 0 Å². The first-order chi connectivity index (χ1) is 8.40. The highest BCUT2D eigenvalue weighted by Crippen LogP contribution is 2.48. The summed E-state index contributed by atoms with van der Waals surface area (Å²) in [5, 5.41) is -13.2. The number of sulfonamides is 2. The summed E-state index contributed by atoms with van der Waals surface area (Å²) in [7, 11) is -17.4. The maximum Gasteiger partial charge on any atom is 0.429 e. The Balaban J connectivity index is 6.12. The molecule has 0 saturated heterocycles. The third-order valence-corrected chi connectivity index (χ3v) is 5.33. The Hall–Kier alpha value is -0.610. The highest BCUT2D eigenvalue weighted by Gasteiger charge is 2.79. The van der Waals surface area contributed by atoms with Gasteiger partial charge in [-0.05, 0) is 0 Å². The summed E-state index contributed by atoms with van der Waals surface area (Å²) >= 11 is 0. The highest BCUT2D eigenvalue weighted by atomic mass is 32.3. The van der Waals surface area contributed by atoms with Crippen LogP contribution in [0.25, 0.3) is 0 Å². The summed E-state index contributed by atoms with van der Waals surface area (Å²) < 4.78 is 139. The lowest BCUT2D eigenvalue weighted by molar-refractivity contribution is -0.242. The van der Waals surface area contributed by atoms with Gasteiger partial charge in [0.2, 0.25) is 20.7 Å². The van der Waals surface area contributed by atoms with Crippen LogP contribution < -0.4 is 4.13 Å². The standard InChI is InChI=1S/C4H5F6NO6S3/c1-19(14,15)11-20(16,17)4(9,10)2(5,6)3(7,8)18(12)13/h11,18H,1H3. The smallest absolute Gasteiger partial charge is 0.225 e. The molecule has 0 radical (unpaired) electrons. The zero-order chi connectivity index (χ0) is 16.8. The molecule has 1 N–H and O–H groups in total.